The van der Waals surface area contributed by atoms with E-state index in [9.17, 15) is 4.79 Å². The van der Waals surface area contributed by atoms with Crippen LogP contribution in [0.5, 0.6) is 0 Å². The molecule has 0 aliphatic carbocycles. The maximum atomic E-state index is 12.4. The number of halogens is 1. The van der Waals surface area contributed by atoms with Gasteiger partial charge >= 0.3 is 0 Å². The Balaban J connectivity index is 2.95. The van der Waals surface area contributed by atoms with Crippen LogP contribution in [0.1, 0.15) is 42.7 Å². The molecule has 0 radical (unpaired) electrons. The van der Waals surface area contributed by atoms with Gasteiger partial charge in [-0.15, -0.1) is 0 Å². The van der Waals surface area contributed by atoms with E-state index in [0.717, 1.165) is 25.0 Å². The minimum atomic E-state index is -0.0995. The van der Waals surface area contributed by atoms with Crippen molar-refractivity contribution >= 4 is 17.5 Å². The molecule has 1 aromatic rings. The second-order valence-electron chi connectivity index (χ2n) is 4.44. The van der Waals surface area contributed by atoms with Crippen LogP contribution < -0.4 is 0 Å². The summed E-state index contributed by atoms with van der Waals surface area (Å²) in [5.41, 5.74) is 1.38. The van der Waals surface area contributed by atoms with Gasteiger partial charge in [-0.1, -0.05) is 31.9 Å². The van der Waals surface area contributed by atoms with Crippen molar-refractivity contribution in [3.63, 3.8) is 0 Å². The molecule has 5 heteroatoms. The van der Waals surface area contributed by atoms with Crippen LogP contribution in [0.3, 0.4) is 0 Å². The number of nitrogens with zero attached hydrogens (tertiary/aromatic N) is 2. The summed E-state index contributed by atoms with van der Waals surface area (Å²) in [4.78, 5) is 18.2. The Kier molecular flexibility index (Phi) is 6.81. The molecule has 1 heterocycles. The highest BCUT2D eigenvalue weighted by molar-refractivity contribution is 6.29. The highest BCUT2D eigenvalue weighted by Gasteiger charge is 2.16. The van der Waals surface area contributed by atoms with Crippen molar-refractivity contribution in [2.75, 3.05) is 19.7 Å². The second kappa shape index (κ2) is 8.12. The number of aryl methyl sites for hydroxylation is 1. The van der Waals surface area contributed by atoms with Crippen molar-refractivity contribution in [3.8, 4) is 0 Å². The predicted molar refractivity (Wildman–Crippen MR) is 76.5 cm³/mol. The van der Waals surface area contributed by atoms with E-state index in [2.05, 4.69) is 11.9 Å². The molecule has 0 unspecified atom stereocenters. The average molecular weight is 285 g/mol. The summed E-state index contributed by atoms with van der Waals surface area (Å²) in [5, 5.41) is 9.36. The molecule has 0 bridgehead atoms. The zero-order chi connectivity index (χ0) is 14.3. The Hall–Kier alpha value is -1.13. The summed E-state index contributed by atoms with van der Waals surface area (Å²) in [6.45, 7) is 4.99. The van der Waals surface area contributed by atoms with E-state index >= 15 is 0 Å². The number of rotatable bonds is 7. The van der Waals surface area contributed by atoms with Gasteiger partial charge in [0.05, 0.1) is 6.61 Å². The van der Waals surface area contributed by atoms with Gasteiger partial charge in [-0.3, -0.25) is 4.79 Å². The number of hydrogen-bond acceptors (Lipinski definition) is 3. The lowest BCUT2D eigenvalue weighted by molar-refractivity contribution is 0.0721. The van der Waals surface area contributed by atoms with E-state index in [4.69, 9.17) is 16.7 Å². The molecule has 4 nitrogen and oxygen atoms in total. The van der Waals surface area contributed by atoms with E-state index in [0.29, 0.717) is 23.8 Å². The SMILES string of the molecule is CCCc1cc(C(=O)N(CCC)CCO)cc(Cl)n1. The monoisotopic (exact) mass is 284 g/mol. The lowest BCUT2D eigenvalue weighted by Gasteiger charge is -2.21. The van der Waals surface area contributed by atoms with Gasteiger partial charge in [0.25, 0.3) is 5.91 Å². The van der Waals surface area contributed by atoms with Crippen LogP contribution in [0.2, 0.25) is 5.15 Å². The lowest BCUT2D eigenvalue weighted by atomic mass is 10.1. The number of carbonyl (C=O) groups is 1. The number of hydrogen-bond donors (Lipinski definition) is 1. The first-order valence-corrected chi connectivity index (χ1v) is 7.06. The van der Waals surface area contributed by atoms with Gasteiger partial charge in [-0.25, -0.2) is 4.98 Å². The first kappa shape index (κ1) is 15.9. The number of aromatic nitrogens is 1. The molecule has 0 atom stereocenters. The standard InChI is InChI=1S/C14H21ClN2O2/c1-3-5-12-9-11(10-13(15)16-12)14(19)17(6-4-2)7-8-18/h9-10,18H,3-8H2,1-2H3. The molecule has 106 valence electrons. The van der Waals surface area contributed by atoms with Gasteiger partial charge in [0, 0.05) is 24.3 Å². The number of pyridine rings is 1. The summed E-state index contributed by atoms with van der Waals surface area (Å²) in [5.74, 6) is -0.0995. The minimum Gasteiger partial charge on any atom is -0.395 e. The number of amides is 1. The van der Waals surface area contributed by atoms with Crippen LogP contribution in [0.15, 0.2) is 12.1 Å². The molecule has 0 aliphatic rings. The van der Waals surface area contributed by atoms with Gasteiger partial charge in [-0.2, -0.15) is 0 Å². The summed E-state index contributed by atoms with van der Waals surface area (Å²) in [7, 11) is 0. The van der Waals surface area contributed by atoms with E-state index in [-0.39, 0.29) is 12.5 Å². The third-order valence-electron chi connectivity index (χ3n) is 2.75. The molecule has 0 fully saturated rings. The average Bonchev–Trinajstić information content (AvgIpc) is 2.37. The van der Waals surface area contributed by atoms with Crippen LogP contribution in [0, 0.1) is 0 Å². The number of carbonyl (C=O) groups excluding carboxylic acids is 1. The Morgan fingerprint density at radius 2 is 2.05 bits per heavy atom. The second-order valence-corrected chi connectivity index (χ2v) is 4.82. The van der Waals surface area contributed by atoms with Crippen LogP contribution in [-0.4, -0.2) is 40.6 Å². The normalized spacial score (nSPS) is 10.5. The summed E-state index contributed by atoms with van der Waals surface area (Å²) in [6, 6.07) is 3.38. The van der Waals surface area contributed by atoms with Gasteiger partial charge in [0.1, 0.15) is 5.15 Å². The lowest BCUT2D eigenvalue weighted by Crippen LogP contribution is -2.34. The first-order valence-electron chi connectivity index (χ1n) is 6.69. The molecule has 1 rings (SSSR count). The molecule has 1 N–H and O–H groups in total. The highest BCUT2D eigenvalue weighted by atomic mass is 35.5. The Bertz CT molecular complexity index is 418. The van der Waals surface area contributed by atoms with E-state index < -0.39 is 0 Å². The largest absolute Gasteiger partial charge is 0.395 e. The fraction of sp³-hybridized carbons (Fsp3) is 0.571. The minimum absolute atomic E-state index is 0.0353. The first-order chi connectivity index (χ1) is 9.12. The molecule has 0 saturated carbocycles. The molecule has 19 heavy (non-hydrogen) atoms. The summed E-state index contributed by atoms with van der Waals surface area (Å²) in [6.07, 6.45) is 2.61. The third kappa shape index (κ3) is 4.80. The number of aliphatic hydroxyl groups excluding tert-OH is 1. The van der Waals surface area contributed by atoms with E-state index in [1.165, 1.54) is 0 Å². The maximum Gasteiger partial charge on any atom is 0.254 e. The van der Waals surface area contributed by atoms with Crippen molar-refractivity contribution in [2.45, 2.75) is 33.1 Å². The van der Waals surface area contributed by atoms with Crippen molar-refractivity contribution in [1.82, 2.24) is 9.88 Å². The molecule has 0 saturated heterocycles. The maximum absolute atomic E-state index is 12.4. The highest BCUT2D eigenvalue weighted by Crippen LogP contribution is 2.14. The molecule has 1 amide bonds. The molecule has 0 spiro atoms. The van der Waals surface area contributed by atoms with Gasteiger partial charge in [0.15, 0.2) is 0 Å². The molecule has 0 aliphatic heterocycles. The molecular formula is C14H21ClN2O2. The molecular weight excluding hydrogens is 264 g/mol. The van der Waals surface area contributed by atoms with E-state index in [1.54, 1.807) is 17.0 Å². The quantitative estimate of drug-likeness (QED) is 0.783. The van der Waals surface area contributed by atoms with Crippen LogP contribution >= 0.6 is 11.6 Å². The number of aliphatic hydroxyl groups is 1. The van der Waals surface area contributed by atoms with E-state index in [1.807, 2.05) is 6.92 Å². The van der Waals surface area contributed by atoms with Gasteiger partial charge < -0.3 is 10.0 Å². The van der Waals surface area contributed by atoms with Crippen molar-refractivity contribution < 1.29 is 9.90 Å². The third-order valence-corrected chi connectivity index (χ3v) is 2.94. The van der Waals surface area contributed by atoms with Crippen molar-refractivity contribution in [1.29, 1.82) is 0 Å². The van der Waals surface area contributed by atoms with Crippen LogP contribution in [0.4, 0.5) is 0 Å². The predicted octanol–water partition coefficient (Wildman–Crippen LogP) is 2.53. The smallest absolute Gasteiger partial charge is 0.254 e. The Morgan fingerprint density at radius 1 is 1.32 bits per heavy atom. The fourth-order valence-electron chi connectivity index (χ4n) is 1.95. The zero-order valence-electron chi connectivity index (χ0n) is 11.5. The van der Waals surface area contributed by atoms with Crippen LogP contribution in [-0.2, 0) is 6.42 Å². The van der Waals surface area contributed by atoms with Crippen molar-refractivity contribution in [2.24, 2.45) is 0 Å². The Labute approximate surface area is 119 Å². The fourth-order valence-corrected chi connectivity index (χ4v) is 2.17. The van der Waals surface area contributed by atoms with Gasteiger partial charge in [-0.05, 0) is 25.0 Å². The summed E-state index contributed by atoms with van der Waals surface area (Å²) >= 11 is 5.96. The topological polar surface area (TPSA) is 53.4 Å². The zero-order valence-corrected chi connectivity index (χ0v) is 12.3. The Morgan fingerprint density at radius 3 is 2.63 bits per heavy atom. The van der Waals surface area contributed by atoms with Crippen molar-refractivity contribution in [3.05, 3.63) is 28.5 Å². The molecule has 0 aromatic carbocycles. The molecule has 1 aromatic heterocycles. The summed E-state index contributed by atoms with van der Waals surface area (Å²) < 4.78 is 0. The van der Waals surface area contributed by atoms with Crippen LogP contribution in [0.25, 0.3) is 0 Å². The van der Waals surface area contributed by atoms with Gasteiger partial charge in [0.2, 0.25) is 0 Å².